The summed E-state index contributed by atoms with van der Waals surface area (Å²) in [7, 11) is 1.65. The van der Waals surface area contributed by atoms with Crippen LogP contribution in [0.25, 0.3) is 0 Å². The van der Waals surface area contributed by atoms with Gasteiger partial charge in [0, 0.05) is 26.2 Å². The first-order valence-corrected chi connectivity index (χ1v) is 7.60. The standard InChI is InChI=1S/C16H27N3O/c1-3-18-9-11-19(12-10-18)8-4-5-14-6-7-16(20-2)15(17)13-14/h6-7,13H,3-5,8-12,17H2,1-2H3. The summed E-state index contributed by atoms with van der Waals surface area (Å²) in [4.78, 5) is 5.08. The highest BCUT2D eigenvalue weighted by Gasteiger charge is 2.14. The van der Waals surface area contributed by atoms with Gasteiger partial charge >= 0.3 is 0 Å². The average Bonchev–Trinajstić information content (AvgIpc) is 2.48. The number of hydrogen-bond donors (Lipinski definition) is 1. The number of nitrogen functional groups attached to an aromatic ring is 1. The van der Waals surface area contributed by atoms with Crippen molar-refractivity contribution in [1.29, 1.82) is 0 Å². The number of methoxy groups -OCH3 is 1. The number of nitrogens with two attached hydrogens (primary N) is 1. The van der Waals surface area contributed by atoms with E-state index in [1.165, 1.54) is 51.3 Å². The number of nitrogens with zero attached hydrogens (tertiary/aromatic N) is 2. The van der Waals surface area contributed by atoms with Crippen LogP contribution in [0, 0.1) is 0 Å². The zero-order chi connectivity index (χ0) is 14.4. The Labute approximate surface area is 122 Å². The van der Waals surface area contributed by atoms with Gasteiger partial charge in [-0.15, -0.1) is 0 Å². The molecule has 0 bridgehead atoms. The Balaban J connectivity index is 1.72. The second kappa shape index (κ2) is 7.50. The third-order valence-corrected chi connectivity index (χ3v) is 4.15. The molecule has 4 heteroatoms. The number of likely N-dealkylation sites (N-methyl/N-ethyl adjacent to an activating group) is 1. The van der Waals surface area contributed by atoms with Gasteiger partial charge in [0.25, 0.3) is 0 Å². The molecule has 1 aliphatic heterocycles. The fourth-order valence-electron chi connectivity index (χ4n) is 2.78. The highest BCUT2D eigenvalue weighted by Crippen LogP contribution is 2.22. The number of ether oxygens (including phenoxy) is 1. The SMILES string of the molecule is CCN1CCN(CCCc2ccc(OC)c(N)c2)CC1. The number of aryl methyl sites for hydroxylation is 1. The van der Waals surface area contributed by atoms with Gasteiger partial charge in [-0.2, -0.15) is 0 Å². The zero-order valence-corrected chi connectivity index (χ0v) is 12.8. The molecule has 0 aliphatic carbocycles. The van der Waals surface area contributed by atoms with Crippen molar-refractivity contribution in [3.8, 4) is 5.75 Å². The Morgan fingerprint density at radius 3 is 2.45 bits per heavy atom. The Bertz CT molecular complexity index is 414. The average molecular weight is 277 g/mol. The van der Waals surface area contributed by atoms with Gasteiger partial charge in [-0.3, -0.25) is 0 Å². The van der Waals surface area contributed by atoms with Crippen LogP contribution < -0.4 is 10.5 Å². The van der Waals surface area contributed by atoms with Gasteiger partial charge in [-0.25, -0.2) is 0 Å². The lowest BCUT2D eigenvalue weighted by Gasteiger charge is -2.34. The maximum Gasteiger partial charge on any atom is 0.141 e. The summed E-state index contributed by atoms with van der Waals surface area (Å²) in [6.45, 7) is 9.45. The lowest BCUT2D eigenvalue weighted by molar-refractivity contribution is 0.136. The first-order chi connectivity index (χ1) is 9.72. The first-order valence-electron chi connectivity index (χ1n) is 7.60. The lowest BCUT2D eigenvalue weighted by atomic mass is 10.1. The normalized spacial score (nSPS) is 17.3. The van der Waals surface area contributed by atoms with E-state index in [0.717, 1.165) is 17.9 Å². The van der Waals surface area contributed by atoms with Gasteiger partial charge < -0.3 is 20.3 Å². The van der Waals surface area contributed by atoms with Gasteiger partial charge in [-0.05, 0) is 43.6 Å². The van der Waals surface area contributed by atoms with E-state index in [9.17, 15) is 0 Å². The van der Waals surface area contributed by atoms with Crippen molar-refractivity contribution < 1.29 is 4.74 Å². The van der Waals surface area contributed by atoms with E-state index < -0.39 is 0 Å². The molecule has 1 aromatic rings. The third-order valence-electron chi connectivity index (χ3n) is 4.15. The summed E-state index contributed by atoms with van der Waals surface area (Å²) in [6.07, 6.45) is 2.28. The van der Waals surface area contributed by atoms with E-state index in [1.807, 2.05) is 12.1 Å². The molecular formula is C16H27N3O. The van der Waals surface area contributed by atoms with Crippen LogP contribution in [0.2, 0.25) is 0 Å². The molecule has 0 spiro atoms. The van der Waals surface area contributed by atoms with E-state index in [4.69, 9.17) is 10.5 Å². The summed E-state index contributed by atoms with van der Waals surface area (Å²) < 4.78 is 5.18. The largest absolute Gasteiger partial charge is 0.495 e. The summed E-state index contributed by atoms with van der Waals surface area (Å²) in [5.41, 5.74) is 7.98. The van der Waals surface area contributed by atoms with Crippen LogP contribution in [-0.4, -0.2) is 56.2 Å². The number of benzene rings is 1. The van der Waals surface area contributed by atoms with Gasteiger partial charge in [0.2, 0.25) is 0 Å². The minimum Gasteiger partial charge on any atom is -0.495 e. The predicted molar refractivity (Wildman–Crippen MR) is 84.3 cm³/mol. The van der Waals surface area contributed by atoms with Crippen LogP contribution >= 0.6 is 0 Å². The highest BCUT2D eigenvalue weighted by atomic mass is 16.5. The lowest BCUT2D eigenvalue weighted by Crippen LogP contribution is -2.46. The smallest absolute Gasteiger partial charge is 0.141 e. The first kappa shape index (κ1) is 15.1. The molecule has 1 aliphatic rings. The van der Waals surface area contributed by atoms with Crippen LogP contribution in [0.1, 0.15) is 18.9 Å². The molecule has 1 fully saturated rings. The second-order valence-electron chi connectivity index (χ2n) is 5.46. The Hall–Kier alpha value is -1.26. The van der Waals surface area contributed by atoms with Gasteiger partial charge in [-0.1, -0.05) is 13.0 Å². The molecule has 1 saturated heterocycles. The molecular weight excluding hydrogens is 250 g/mol. The van der Waals surface area contributed by atoms with Crippen molar-refractivity contribution in [3.63, 3.8) is 0 Å². The number of hydrogen-bond acceptors (Lipinski definition) is 4. The molecule has 1 aromatic carbocycles. The molecule has 0 atom stereocenters. The summed E-state index contributed by atoms with van der Waals surface area (Å²) in [5.74, 6) is 0.768. The van der Waals surface area contributed by atoms with Crippen molar-refractivity contribution in [1.82, 2.24) is 9.80 Å². The van der Waals surface area contributed by atoms with Crippen LogP contribution in [-0.2, 0) is 6.42 Å². The van der Waals surface area contributed by atoms with Crippen molar-refractivity contribution in [2.24, 2.45) is 0 Å². The minimum atomic E-state index is 0.738. The molecule has 112 valence electrons. The summed E-state index contributed by atoms with van der Waals surface area (Å²) in [5, 5.41) is 0. The third kappa shape index (κ3) is 4.12. The van der Waals surface area contributed by atoms with E-state index >= 15 is 0 Å². The fourth-order valence-corrected chi connectivity index (χ4v) is 2.78. The minimum absolute atomic E-state index is 0.738. The molecule has 0 saturated carbocycles. The second-order valence-corrected chi connectivity index (χ2v) is 5.46. The number of piperazine rings is 1. The van der Waals surface area contributed by atoms with Crippen molar-refractivity contribution in [2.75, 3.05) is 52.1 Å². The molecule has 2 rings (SSSR count). The van der Waals surface area contributed by atoms with Crippen LogP contribution in [0.15, 0.2) is 18.2 Å². The van der Waals surface area contributed by atoms with Gasteiger partial charge in [0.05, 0.1) is 12.8 Å². The maximum atomic E-state index is 5.94. The molecule has 20 heavy (non-hydrogen) atoms. The van der Waals surface area contributed by atoms with Gasteiger partial charge in [0.1, 0.15) is 5.75 Å². The number of rotatable bonds is 6. The molecule has 1 heterocycles. The summed E-state index contributed by atoms with van der Waals surface area (Å²) in [6, 6.07) is 6.11. The van der Waals surface area contributed by atoms with Crippen LogP contribution in [0.4, 0.5) is 5.69 Å². The maximum absolute atomic E-state index is 5.94. The topological polar surface area (TPSA) is 41.7 Å². The Morgan fingerprint density at radius 2 is 1.85 bits per heavy atom. The quantitative estimate of drug-likeness (QED) is 0.806. The Morgan fingerprint density at radius 1 is 1.15 bits per heavy atom. The molecule has 0 radical (unpaired) electrons. The monoisotopic (exact) mass is 277 g/mol. The van der Waals surface area contributed by atoms with Gasteiger partial charge in [0.15, 0.2) is 0 Å². The van der Waals surface area contributed by atoms with Crippen molar-refractivity contribution >= 4 is 5.69 Å². The van der Waals surface area contributed by atoms with E-state index in [0.29, 0.717) is 0 Å². The fraction of sp³-hybridized carbons (Fsp3) is 0.625. The predicted octanol–water partition coefficient (Wildman–Crippen LogP) is 1.85. The van der Waals surface area contributed by atoms with E-state index in [-0.39, 0.29) is 0 Å². The zero-order valence-electron chi connectivity index (χ0n) is 12.8. The van der Waals surface area contributed by atoms with E-state index in [2.05, 4.69) is 22.8 Å². The van der Waals surface area contributed by atoms with Crippen molar-refractivity contribution in [3.05, 3.63) is 23.8 Å². The van der Waals surface area contributed by atoms with Crippen LogP contribution in [0.3, 0.4) is 0 Å². The van der Waals surface area contributed by atoms with E-state index in [1.54, 1.807) is 7.11 Å². The summed E-state index contributed by atoms with van der Waals surface area (Å²) >= 11 is 0. The molecule has 2 N–H and O–H groups in total. The van der Waals surface area contributed by atoms with Crippen LogP contribution in [0.5, 0.6) is 5.75 Å². The molecule has 0 unspecified atom stereocenters. The molecule has 0 aromatic heterocycles. The Kier molecular flexibility index (Phi) is 5.68. The van der Waals surface area contributed by atoms with Crippen molar-refractivity contribution in [2.45, 2.75) is 19.8 Å². The highest BCUT2D eigenvalue weighted by molar-refractivity contribution is 5.54. The molecule has 0 amide bonds. The molecule has 4 nitrogen and oxygen atoms in total. The number of anilines is 1.